The minimum atomic E-state index is -0.148. The molecule has 0 saturated carbocycles. The van der Waals surface area contributed by atoms with Crippen molar-refractivity contribution in [3.8, 4) is 0 Å². The molecule has 1 rings (SSSR count). The highest BCUT2D eigenvalue weighted by atomic mass is 32.1. The highest BCUT2D eigenvalue weighted by molar-refractivity contribution is 7.09. The summed E-state index contributed by atoms with van der Waals surface area (Å²) in [6.45, 7) is 6.22. The summed E-state index contributed by atoms with van der Waals surface area (Å²) in [5.74, 6) is -0.0783. The maximum atomic E-state index is 11.9. The molecule has 1 aromatic rings. The molecule has 1 aromatic heterocycles. The summed E-state index contributed by atoms with van der Waals surface area (Å²) in [4.78, 5) is 17.9. The van der Waals surface area contributed by atoms with Gasteiger partial charge in [0.2, 0.25) is 5.91 Å². The third-order valence-electron chi connectivity index (χ3n) is 2.62. The number of nitrogens with two attached hydrogens (primary N) is 1. The second-order valence-corrected chi connectivity index (χ2v) is 5.26. The fraction of sp³-hybridized carbons (Fsp3) is 0.636. The number of hydrogen-bond donors (Lipinski definition) is 1. The molecule has 2 N–H and O–H groups in total. The number of nitrogens with zero attached hydrogens (tertiary/aromatic N) is 2. The van der Waals surface area contributed by atoms with E-state index in [4.69, 9.17) is 5.73 Å². The zero-order valence-electron chi connectivity index (χ0n) is 10.2. The third-order valence-corrected chi connectivity index (χ3v) is 3.44. The van der Waals surface area contributed by atoms with Crippen molar-refractivity contribution in [2.24, 2.45) is 11.7 Å². The van der Waals surface area contributed by atoms with Crippen LogP contribution in [0.15, 0.2) is 5.38 Å². The molecule has 4 nitrogen and oxygen atoms in total. The van der Waals surface area contributed by atoms with Crippen molar-refractivity contribution in [2.45, 2.75) is 33.4 Å². The Morgan fingerprint density at radius 1 is 1.62 bits per heavy atom. The van der Waals surface area contributed by atoms with Crippen molar-refractivity contribution in [3.63, 3.8) is 0 Å². The van der Waals surface area contributed by atoms with Crippen LogP contribution in [0.2, 0.25) is 0 Å². The van der Waals surface area contributed by atoms with Crippen molar-refractivity contribution in [2.75, 3.05) is 7.05 Å². The summed E-state index contributed by atoms with van der Waals surface area (Å²) in [7, 11) is 1.79. The van der Waals surface area contributed by atoms with Crippen LogP contribution in [-0.2, 0) is 11.3 Å². The molecule has 5 heteroatoms. The van der Waals surface area contributed by atoms with Gasteiger partial charge in [-0.1, -0.05) is 6.92 Å². The molecule has 2 unspecified atom stereocenters. The van der Waals surface area contributed by atoms with Gasteiger partial charge < -0.3 is 10.6 Å². The van der Waals surface area contributed by atoms with Crippen LogP contribution in [0.3, 0.4) is 0 Å². The first kappa shape index (κ1) is 13.1. The smallest absolute Gasteiger partial charge is 0.227 e. The van der Waals surface area contributed by atoms with Gasteiger partial charge in [-0.2, -0.15) is 0 Å². The Kier molecular flexibility index (Phi) is 4.44. The fourth-order valence-corrected chi connectivity index (χ4v) is 1.98. The average molecular weight is 241 g/mol. The first-order chi connectivity index (χ1) is 7.41. The lowest BCUT2D eigenvalue weighted by molar-refractivity contribution is -0.134. The molecule has 0 bridgehead atoms. The number of amides is 1. The maximum absolute atomic E-state index is 11.9. The first-order valence-corrected chi connectivity index (χ1v) is 6.21. The van der Waals surface area contributed by atoms with Crippen LogP contribution < -0.4 is 5.73 Å². The van der Waals surface area contributed by atoms with Gasteiger partial charge in [-0.05, 0) is 13.8 Å². The Morgan fingerprint density at radius 3 is 2.69 bits per heavy atom. The van der Waals surface area contributed by atoms with E-state index in [1.54, 1.807) is 23.3 Å². The van der Waals surface area contributed by atoms with Crippen LogP contribution in [0.4, 0.5) is 0 Å². The van der Waals surface area contributed by atoms with Crippen molar-refractivity contribution >= 4 is 17.2 Å². The predicted molar refractivity (Wildman–Crippen MR) is 66.1 cm³/mol. The van der Waals surface area contributed by atoms with Gasteiger partial charge >= 0.3 is 0 Å². The Hall–Kier alpha value is -0.940. The van der Waals surface area contributed by atoms with Crippen LogP contribution in [0.1, 0.15) is 24.5 Å². The minimum absolute atomic E-state index is 0.0700. The highest BCUT2D eigenvalue weighted by Gasteiger charge is 2.21. The Bertz CT molecular complexity index is 362. The van der Waals surface area contributed by atoms with Crippen LogP contribution in [0.25, 0.3) is 0 Å². The summed E-state index contributed by atoms with van der Waals surface area (Å²) in [5, 5.41) is 3.01. The molecule has 0 aliphatic rings. The van der Waals surface area contributed by atoms with E-state index in [0.717, 1.165) is 10.7 Å². The van der Waals surface area contributed by atoms with Gasteiger partial charge in [0.1, 0.15) is 0 Å². The van der Waals surface area contributed by atoms with Crippen LogP contribution in [0.5, 0.6) is 0 Å². The number of carbonyl (C=O) groups is 1. The molecule has 0 spiro atoms. The molecule has 1 amide bonds. The minimum Gasteiger partial charge on any atom is -0.340 e. The van der Waals surface area contributed by atoms with Crippen molar-refractivity contribution in [1.82, 2.24) is 9.88 Å². The number of aromatic nitrogens is 1. The molecule has 90 valence electrons. The molecule has 1 heterocycles. The zero-order chi connectivity index (χ0) is 12.3. The number of hydrogen-bond acceptors (Lipinski definition) is 4. The summed E-state index contributed by atoms with van der Waals surface area (Å²) < 4.78 is 0. The molecule has 0 aliphatic carbocycles. The SMILES string of the molecule is Cc1nc(CN(C)C(=O)C(C)C(C)N)cs1. The monoisotopic (exact) mass is 241 g/mol. The molecule has 0 aliphatic heterocycles. The summed E-state index contributed by atoms with van der Waals surface area (Å²) >= 11 is 1.60. The molecule has 16 heavy (non-hydrogen) atoms. The Balaban J connectivity index is 2.58. The first-order valence-electron chi connectivity index (χ1n) is 5.33. The molecule has 0 aromatic carbocycles. The molecule has 0 fully saturated rings. The van der Waals surface area contributed by atoms with Crippen LogP contribution in [-0.4, -0.2) is 28.9 Å². The Labute approximate surface area is 100 Å². The average Bonchev–Trinajstić information content (AvgIpc) is 2.61. The third kappa shape index (κ3) is 3.28. The quantitative estimate of drug-likeness (QED) is 0.866. The van der Waals surface area contributed by atoms with Gasteiger partial charge in [0.25, 0.3) is 0 Å². The lowest BCUT2D eigenvalue weighted by atomic mass is 10.0. The van der Waals surface area contributed by atoms with Crippen LogP contribution in [0, 0.1) is 12.8 Å². The predicted octanol–water partition coefficient (Wildman–Crippen LogP) is 1.39. The van der Waals surface area contributed by atoms with Crippen molar-refractivity contribution in [1.29, 1.82) is 0 Å². The van der Waals surface area contributed by atoms with Gasteiger partial charge in [-0.25, -0.2) is 4.98 Å². The number of carbonyl (C=O) groups excluding carboxylic acids is 1. The topological polar surface area (TPSA) is 59.2 Å². The Morgan fingerprint density at radius 2 is 2.25 bits per heavy atom. The highest BCUT2D eigenvalue weighted by Crippen LogP contribution is 2.12. The van der Waals surface area contributed by atoms with E-state index in [1.807, 2.05) is 26.2 Å². The number of aryl methyl sites for hydroxylation is 1. The van der Waals surface area contributed by atoms with Crippen molar-refractivity contribution in [3.05, 3.63) is 16.1 Å². The largest absolute Gasteiger partial charge is 0.340 e. The van der Waals surface area contributed by atoms with E-state index in [2.05, 4.69) is 4.98 Å². The van der Waals surface area contributed by atoms with Crippen LogP contribution >= 0.6 is 11.3 Å². The van der Waals surface area contributed by atoms with E-state index in [1.165, 1.54) is 0 Å². The second kappa shape index (κ2) is 5.41. The standard InChI is InChI=1S/C11H19N3OS/c1-7(8(2)12)11(15)14(4)5-10-6-16-9(3)13-10/h6-8H,5,12H2,1-4H3. The summed E-state index contributed by atoms with van der Waals surface area (Å²) in [6.07, 6.45) is 0. The van der Waals surface area contributed by atoms with E-state index in [0.29, 0.717) is 6.54 Å². The lowest BCUT2D eigenvalue weighted by Gasteiger charge is -2.22. The fourth-order valence-electron chi connectivity index (χ4n) is 1.37. The number of thiazole rings is 1. The van der Waals surface area contributed by atoms with E-state index in [9.17, 15) is 4.79 Å². The van der Waals surface area contributed by atoms with E-state index < -0.39 is 0 Å². The van der Waals surface area contributed by atoms with Gasteiger partial charge in [-0.3, -0.25) is 4.79 Å². The van der Waals surface area contributed by atoms with E-state index in [-0.39, 0.29) is 17.9 Å². The number of rotatable bonds is 4. The van der Waals surface area contributed by atoms with E-state index >= 15 is 0 Å². The maximum Gasteiger partial charge on any atom is 0.227 e. The molecule has 0 radical (unpaired) electrons. The van der Waals surface area contributed by atoms with Gasteiger partial charge in [-0.15, -0.1) is 11.3 Å². The molecular weight excluding hydrogens is 222 g/mol. The molecule has 0 saturated heterocycles. The lowest BCUT2D eigenvalue weighted by Crippen LogP contribution is -2.39. The van der Waals surface area contributed by atoms with Gasteiger partial charge in [0.15, 0.2) is 0 Å². The summed E-state index contributed by atoms with van der Waals surface area (Å²) in [5.41, 5.74) is 6.65. The zero-order valence-corrected chi connectivity index (χ0v) is 11.0. The molecular formula is C11H19N3OS. The second-order valence-electron chi connectivity index (χ2n) is 4.20. The summed E-state index contributed by atoms with van der Waals surface area (Å²) in [6, 6.07) is -0.118. The normalized spacial score (nSPS) is 14.6. The van der Waals surface area contributed by atoms with Gasteiger partial charge in [0, 0.05) is 18.5 Å². The van der Waals surface area contributed by atoms with Gasteiger partial charge in [0.05, 0.1) is 23.2 Å². The molecule has 2 atom stereocenters. The van der Waals surface area contributed by atoms with Crippen molar-refractivity contribution < 1.29 is 4.79 Å².